The molecule has 5 heteroatoms. The van der Waals surface area contributed by atoms with Crippen molar-refractivity contribution in [2.75, 3.05) is 19.6 Å². The maximum absolute atomic E-state index is 10.5. The van der Waals surface area contributed by atoms with Gasteiger partial charge in [0.2, 0.25) is 0 Å². The van der Waals surface area contributed by atoms with Crippen molar-refractivity contribution >= 4 is 23.2 Å². The zero-order valence-corrected chi connectivity index (χ0v) is 19.0. The lowest BCUT2D eigenvalue weighted by atomic mass is 10.00. The second-order valence-electron chi connectivity index (χ2n) is 8.52. The normalized spacial score (nSPS) is 16.1. The Hall–Kier alpha value is -1.26. The molecule has 3 rings (SSSR count). The van der Waals surface area contributed by atoms with Crippen molar-refractivity contribution < 1.29 is 5.11 Å². The van der Waals surface area contributed by atoms with Gasteiger partial charge in [0, 0.05) is 24.7 Å². The molecule has 1 N–H and O–H groups in total. The lowest BCUT2D eigenvalue weighted by Crippen LogP contribution is -2.44. The van der Waals surface area contributed by atoms with Gasteiger partial charge in [0.1, 0.15) is 10.8 Å². The van der Waals surface area contributed by atoms with Crippen LogP contribution in [-0.4, -0.2) is 40.6 Å². The summed E-state index contributed by atoms with van der Waals surface area (Å²) in [6.45, 7) is 9.48. The first-order valence-electron chi connectivity index (χ1n) is 10.6. The quantitative estimate of drug-likeness (QED) is 0.534. The van der Waals surface area contributed by atoms with Crippen molar-refractivity contribution in [1.82, 2.24) is 9.80 Å². The molecule has 0 aliphatic carbocycles. The first-order valence-corrected chi connectivity index (χ1v) is 11.4. The zero-order valence-electron chi connectivity index (χ0n) is 17.5. The topological polar surface area (TPSA) is 26.7 Å². The molecular weight excluding hydrogens is 403 g/mol. The van der Waals surface area contributed by atoms with Crippen LogP contribution in [0.25, 0.3) is 0 Å². The fourth-order valence-electron chi connectivity index (χ4n) is 4.03. The van der Waals surface area contributed by atoms with E-state index >= 15 is 0 Å². The second kappa shape index (κ2) is 10.7. The minimum Gasteiger partial charge on any atom is -0.506 e. The monoisotopic (exact) mass is 434 g/mol. The second-order valence-corrected chi connectivity index (χ2v) is 9.30. The number of nitrogens with zero attached hydrogens (tertiary/aromatic N) is 2. The zero-order chi connectivity index (χ0) is 20.8. The predicted molar refractivity (Wildman–Crippen MR) is 123 cm³/mol. The van der Waals surface area contributed by atoms with Crippen LogP contribution in [-0.2, 0) is 13.1 Å². The van der Waals surface area contributed by atoms with Crippen LogP contribution in [0.15, 0.2) is 42.5 Å². The molecule has 0 saturated carbocycles. The van der Waals surface area contributed by atoms with E-state index in [9.17, 15) is 5.11 Å². The van der Waals surface area contributed by atoms with Gasteiger partial charge in [-0.3, -0.25) is 9.80 Å². The Kier molecular flexibility index (Phi) is 8.25. The number of phenolic OH excluding ortho intramolecular Hbond substituents is 1. The van der Waals surface area contributed by atoms with E-state index < -0.39 is 0 Å². The van der Waals surface area contributed by atoms with Gasteiger partial charge in [0.25, 0.3) is 0 Å². The highest BCUT2D eigenvalue weighted by Gasteiger charge is 2.26. The van der Waals surface area contributed by atoms with E-state index in [1.165, 1.54) is 5.56 Å². The summed E-state index contributed by atoms with van der Waals surface area (Å²) < 4.78 is 0. The molecule has 29 heavy (non-hydrogen) atoms. The fraction of sp³-hybridized carbons (Fsp3) is 0.500. The average molecular weight is 435 g/mol. The molecule has 3 nitrogen and oxygen atoms in total. The summed E-state index contributed by atoms with van der Waals surface area (Å²) in [4.78, 5) is 5.07. The van der Waals surface area contributed by atoms with Crippen LogP contribution in [0.1, 0.15) is 44.2 Å². The predicted octanol–water partition coefficient (Wildman–Crippen LogP) is 6.21. The molecule has 1 heterocycles. The average Bonchev–Trinajstić information content (AvgIpc) is 2.72. The summed E-state index contributed by atoms with van der Waals surface area (Å²) in [6, 6.07) is 14.9. The van der Waals surface area contributed by atoms with Gasteiger partial charge in [-0.05, 0) is 56.4 Å². The third-order valence-electron chi connectivity index (χ3n) is 5.84. The van der Waals surface area contributed by atoms with Crippen LogP contribution in [0, 0.1) is 5.92 Å². The molecule has 0 spiro atoms. The largest absolute Gasteiger partial charge is 0.506 e. The van der Waals surface area contributed by atoms with E-state index in [0.29, 0.717) is 23.5 Å². The van der Waals surface area contributed by atoms with Crippen LogP contribution in [0.3, 0.4) is 0 Å². The molecule has 0 atom stereocenters. The Bertz CT molecular complexity index is 774. The minimum atomic E-state index is 0.121. The van der Waals surface area contributed by atoms with Crippen molar-refractivity contribution in [3.05, 3.63) is 63.6 Å². The van der Waals surface area contributed by atoms with E-state index in [1.807, 2.05) is 6.07 Å². The Morgan fingerprint density at radius 2 is 1.76 bits per heavy atom. The molecule has 1 aliphatic heterocycles. The number of halogens is 2. The molecular formula is C24H32Cl2N2O. The molecule has 0 bridgehead atoms. The van der Waals surface area contributed by atoms with Gasteiger partial charge in [-0.15, -0.1) is 0 Å². The number of likely N-dealkylation sites (tertiary alicyclic amines) is 1. The van der Waals surface area contributed by atoms with Gasteiger partial charge in [0.15, 0.2) is 0 Å². The van der Waals surface area contributed by atoms with E-state index in [2.05, 4.69) is 54.0 Å². The van der Waals surface area contributed by atoms with Crippen molar-refractivity contribution in [3.8, 4) is 5.75 Å². The number of hydrogen-bond acceptors (Lipinski definition) is 3. The van der Waals surface area contributed by atoms with Crippen molar-refractivity contribution in [2.24, 2.45) is 5.92 Å². The minimum absolute atomic E-state index is 0.121. The highest BCUT2D eigenvalue weighted by Crippen LogP contribution is 2.35. The number of aromatic hydroxyl groups is 1. The van der Waals surface area contributed by atoms with Gasteiger partial charge >= 0.3 is 0 Å². The lowest BCUT2D eigenvalue weighted by molar-refractivity contribution is 0.0944. The van der Waals surface area contributed by atoms with Crippen molar-refractivity contribution in [2.45, 2.75) is 52.2 Å². The van der Waals surface area contributed by atoms with E-state index in [0.717, 1.165) is 51.0 Å². The molecule has 1 saturated heterocycles. The van der Waals surface area contributed by atoms with E-state index in [4.69, 9.17) is 23.2 Å². The molecule has 0 radical (unpaired) electrons. The Morgan fingerprint density at radius 3 is 2.41 bits per heavy atom. The van der Waals surface area contributed by atoms with Gasteiger partial charge in [0.05, 0.1) is 5.02 Å². The maximum atomic E-state index is 10.5. The third kappa shape index (κ3) is 6.36. The SMILES string of the molecule is CC(C)CCN(Cc1ccc(Cl)c(Cl)c1O)C1CCN(Cc2ccccc2)CC1. The summed E-state index contributed by atoms with van der Waals surface area (Å²) >= 11 is 12.2. The van der Waals surface area contributed by atoms with Crippen LogP contribution in [0.4, 0.5) is 0 Å². The van der Waals surface area contributed by atoms with Crippen LogP contribution in [0.5, 0.6) is 5.75 Å². The number of phenols is 1. The number of piperidine rings is 1. The standard InChI is InChI=1S/C24H32Cl2N2O/c1-18(2)10-15-28(17-20-8-9-22(25)23(26)24(20)29)21-11-13-27(14-12-21)16-19-6-4-3-5-7-19/h3-9,18,21,29H,10-17H2,1-2H3. The maximum Gasteiger partial charge on any atom is 0.140 e. The molecule has 158 valence electrons. The molecule has 0 amide bonds. The van der Waals surface area contributed by atoms with E-state index in [1.54, 1.807) is 6.07 Å². The van der Waals surface area contributed by atoms with Crippen LogP contribution >= 0.6 is 23.2 Å². The number of rotatable bonds is 8. The fourth-order valence-corrected chi connectivity index (χ4v) is 4.36. The van der Waals surface area contributed by atoms with Gasteiger partial charge in [-0.25, -0.2) is 0 Å². The Balaban J connectivity index is 1.64. The van der Waals surface area contributed by atoms with E-state index in [-0.39, 0.29) is 10.8 Å². The van der Waals surface area contributed by atoms with Crippen molar-refractivity contribution in [1.29, 1.82) is 0 Å². The van der Waals surface area contributed by atoms with Crippen LogP contribution in [0.2, 0.25) is 10.0 Å². The molecule has 0 unspecified atom stereocenters. The van der Waals surface area contributed by atoms with Gasteiger partial charge in [-0.1, -0.05) is 73.4 Å². The molecule has 1 fully saturated rings. The lowest BCUT2D eigenvalue weighted by Gasteiger charge is -2.39. The molecule has 2 aromatic carbocycles. The summed E-state index contributed by atoms with van der Waals surface area (Å²) in [7, 11) is 0. The highest BCUT2D eigenvalue weighted by molar-refractivity contribution is 6.43. The smallest absolute Gasteiger partial charge is 0.140 e. The number of benzene rings is 2. The molecule has 1 aliphatic rings. The summed E-state index contributed by atoms with van der Waals surface area (Å²) in [5.74, 6) is 0.772. The highest BCUT2D eigenvalue weighted by atomic mass is 35.5. The third-order valence-corrected chi connectivity index (χ3v) is 6.64. The Labute approximate surface area is 185 Å². The molecule has 2 aromatic rings. The summed E-state index contributed by atoms with van der Waals surface area (Å²) in [5.41, 5.74) is 2.23. The van der Waals surface area contributed by atoms with Crippen LogP contribution < -0.4 is 0 Å². The van der Waals surface area contributed by atoms with Gasteiger partial charge in [-0.2, -0.15) is 0 Å². The first kappa shape index (κ1) is 22.4. The van der Waals surface area contributed by atoms with Gasteiger partial charge < -0.3 is 5.11 Å². The molecule has 0 aromatic heterocycles. The van der Waals surface area contributed by atoms with Crippen molar-refractivity contribution in [3.63, 3.8) is 0 Å². The number of hydrogen-bond donors (Lipinski definition) is 1. The Morgan fingerprint density at radius 1 is 1.07 bits per heavy atom. The summed E-state index contributed by atoms with van der Waals surface area (Å²) in [5, 5.41) is 11.1. The first-order chi connectivity index (χ1) is 13.9. The summed E-state index contributed by atoms with van der Waals surface area (Å²) in [6.07, 6.45) is 3.44.